The van der Waals surface area contributed by atoms with E-state index in [9.17, 15) is 23.6 Å². The molecule has 0 aromatic heterocycles. The Balaban J connectivity index is 1.43. The van der Waals surface area contributed by atoms with Crippen LogP contribution in [0.3, 0.4) is 0 Å². The Morgan fingerprint density at radius 1 is 1.03 bits per heavy atom. The average Bonchev–Trinajstić information content (AvgIpc) is 2.83. The van der Waals surface area contributed by atoms with Gasteiger partial charge in [-0.1, -0.05) is 17.7 Å². The molecule has 8 nitrogen and oxygen atoms in total. The first-order valence-electron chi connectivity index (χ1n) is 11.5. The Morgan fingerprint density at radius 2 is 1.69 bits per heavy atom. The molecular formula is C26H30FN3O5. The molecule has 0 saturated carbocycles. The molecule has 0 bridgehead atoms. The number of likely N-dealkylation sites (tertiary alicyclic amines) is 1. The molecule has 1 unspecified atom stereocenters. The lowest BCUT2D eigenvalue weighted by atomic mass is 9.97. The predicted molar refractivity (Wildman–Crippen MR) is 128 cm³/mol. The summed E-state index contributed by atoms with van der Waals surface area (Å²) in [7, 11) is 0. The largest absolute Gasteiger partial charge is 0.455 e. The number of nitrogens with one attached hydrogen (secondary N) is 2. The van der Waals surface area contributed by atoms with Crippen molar-refractivity contribution in [2.75, 3.05) is 31.6 Å². The van der Waals surface area contributed by atoms with Crippen molar-refractivity contribution in [3.05, 3.63) is 64.5 Å². The Kier molecular flexibility index (Phi) is 8.57. The molecule has 1 heterocycles. The summed E-state index contributed by atoms with van der Waals surface area (Å²) in [5.74, 6) is -2.84. The van der Waals surface area contributed by atoms with Gasteiger partial charge >= 0.3 is 5.97 Å². The van der Waals surface area contributed by atoms with Gasteiger partial charge in [0.25, 0.3) is 11.8 Å². The van der Waals surface area contributed by atoms with Gasteiger partial charge in [0.1, 0.15) is 5.82 Å². The number of rotatable bonds is 7. The van der Waals surface area contributed by atoms with Crippen LogP contribution < -0.4 is 10.6 Å². The zero-order valence-corrected chi connectivity index (χ0v) is 20.2. The van der Waals surface area contributed by atoms with Crippen LogP contribution in [0.1, 0.15) is 39.9 Å². The van der Waals surface area contributed by atoms with Crippen LogP contribution in [0.5, 0.6) is 0 Å². The van der Waals surface area contributed by atoms with Crippen LogP contribution in [0.25, 0.3) is 0 Å². The lowest BCUT2D eigenvalue weighted by molar-refractivity contribution is -0.153. The van der Waals surface area contributed by atoms with Crippen molar-refractivity contribution in [2.24, 2.45) is 5.92 Å². The number of nitrogens with zero attached hydrogens (tertiary/aromatic N) is 1. The van der Waals surface area contributed by atoms with Gasteiger partial charge in [-0.15, -0.1) is 0 Å². The van der Waals surface area contributed by atoms with Gasteiger partial charge in [0.2, 0.25) is 5.91 Å². The Bertz CT molecular complexity index is 1090. The summed E-state index contributed by atoms with van der Waals surface area (Å²) in [6, 6.07) is 9.15. The molecule has 2 N–H and O–H groups in total. The average molecular weight is 484 g/mol. The maximum atomic E-state index is 13.1. The molecular weight excluding hydrogens is 453 g/mol. The van der Waals surface area contributed by atoms with Crippen molar-refractivity contribution in [3.63, 3.8) is 0 Å². The summed E-state index contributed by atoms with van der Waals surface area (Å²) >= 11 is 0. The number of anilines is 1. The minimum atomic E-state index is -0.596. The number of carbonyl (C=O) groups is 4. The first-order chi connectivity index (χ1) is 16.6. The minimum Gasteiger partial charge on any atom is -0.455 e. The molecule has 1 aliphatic rings. The predicted octanol–water partition coefficient (Wildman–Crippen LogP) is 2.90. The number of halogens is 1. The first kappa shape index (κ1) is 25.9. The van der Waals surface area contributed by atoms with Gasteiger partial charge in [0, 0.05) is 24.3 Å². The fraction of sp³-hybridized carbons (Fsp3) is 0.385. The molecule has 3 amide bonds. The van der Waals surface area contributed by atoms with Gasteiger partial charge in [-0.05, 0) is 69.0 Å². The van der Waals surface area contributed by atoms with E-state index in [4.69, 9.17) is 4.74 Å². The minimum absolute atomic E-state index is 0.161. The SMILES string of the molecule is Cc1cc(C)c(NC(=O)CNC(=O)COC(=O)C2CCCN(C(=O)c3ccc(F)cc3)C2)c(C)c1. The van der Waals surface area contributed by atoms with E-state index in [1.54, 1.807) is 0 Å². The monoisotopic (exact) mass is 483 g/mol. The van der Waals surface area contributed by atoms with Crippen molar-refractivity contribution in [2.45, 2.75) is 33.6 Å². The fourth-order valence-corrected chi connectivity index (χ4v) is 4.17. The smallest absolute Gasteiger partial charge is 0.311 e. The fourth-order valence-electron chi connectivity index (χ4n) is 4.17. The number of aryl methyl sites for hydroxylation is 3. The number of amides is 3. The number of hydrogen-bond acceptors (Lipinski definition) is 5. The number of piperidine rings is 1. The third-order valence-electron chi connectivity index (χ3n) is 5.87. The highest BCUT2D eigenvalue weighted by Gasteiger charge is 2.30. The van der Waals surface area contributed by atoms with Crippen LogP contribution in [0.4, 0.5) is 10.1 Å². The number of ether oxygens (including phenoxy) is 1. The molecule has 2 aromatic carbocycles. The van der Waals surface area contributed by atoms with Gasteiger partial charge in [-0.2, -0.15) is 0 Å². The van der Waals surface area contributed by atoms with Crippen molar-refractivity contribution >= 4 is 29.4 Å². The zero-order chi connectivity index (χ0) is 25.5. The Labute approximate surface area is 203 Å². The van der Waals surface area contributed by atoms with E-state index in [1.165, 1.54) is 29.2 Å². The molecule has 3 rings (SSSR count). The van der Waals surface area contributed by atoms with Crippen molar-refractivity contribution in [3.8, 4) is 0 Å². The first-order valence-corrected chi connectivity index (χ1v) is 11.5. The highest BCUT2D eigenvalue weighted by molar-refractivity contribution is 5.96. The summed E-state index contributed by atoms with van der Waals surface area (Å²) in [5, 5.41) is 5.23. The van der Waals surface area contributed by atoms with E-state index in [1.807, 2.05) is 32.9 Å². The molecule has 9 heteroatoms. The van der Waals surface area contributed by atoms with Crippen molar-refractivity contribution in [1.29, 1.82) is 0 Å². The van der Waals surface area contributed by atoms with Crippen LogP contribution >= 0.6 is 0 Å². The molecule has 1 atom stereocenters. The number of hydrogen-bond donors (Lipinski definition) is 2. The van der Waals surface area contributed by atoms with Gasteiger partial charge in [-0.25, -0.2) is 4.39 Å². The van der Waals surface area contributed by atoms with Gasteiger partial charge in [-0.3, -0.25) is 19.2 Å². The third kappa shape index (κ3) is 7.11. The van der Waals surface area contributed by atoms with Gasteiger partial charge in [0.15, 0.2) is 6.61 Å². The van der Waals surface area contributed by atoms with E-state index >= 15 is 0 Å². The van der Waals surface area contributed by atoms with E-state index in [-0.39, 0.29) is 24.9 Å². The lowest BCUT2D eigenvalue weighted by Crippen LogP contribution is -2.43. The maximum Gasteiger partial charge on any atom is 0.311 e. The Morgan fingerprint density at radius 3 is 2.34 bits per heavy atom. The van der Waals surface area contributed by atoms with E-state index in [0.29, 0.717) is 30.6 Å². The maximum absolute atomic E-state index is 13.1. The second kappa shape index (κ2) is 11.6. The molecule has 0 spiro atoms. The van der Waals surface area contributed by atoms with Crippen molar-refractivity contribution < 1.29 is 28.3 Å². The highest BCUT2D eigenvalue weighted by Crippen LogP contribution is 2.22. The van der Waals surface area contributed by atoms with E-state index in [0.717, 1.165) is 16.7 Å². The van der Waals surface area contributed by atoms with Crippen LogP contribution in [-0.4, -0.2) is 54.8 Å². The third-order valence-corrected chi connectivity index (χ3v) is 5.87. The second-order valence-corrected chi connectivity index (χ2v) is 8.80. The molecule has 1 fully saturated rings. The Hall–Kier alpha value is -3.75. The second-order valence-electron chi connectivity index (χ2n) is 8.80. The van der Waals surface area contributed by atoms with E-state index in [2.05, 4.69) is 10.6 Å². The van der Waals surface area contributed by atoms with Crippen LogP contribution in [0.15, 0.2) is 36.4 Å². The molecule has 0 radical (unpaired) electrons. The lowest BCUT2D eigenvalue weighted by Gasteiger charge is -2.31. The molecule has 0 aliphatic carbocycles. The molecule has 2 aromatic rings. The molecule has 186 valence electrons. The number of esters is 1. The number of benzene rings is 2. The summed E-state index contributed by atoms with van der Waals surface area (Å²) in [6.45, 7) is 5.63. The summed E-state index contributed by atoms with van der Waals surface area (Å²) in [6.07, 6.45) is 1.14. The van der Waals surface area contributed by atoms with Crippen LogP contribution in [0.2, 0.25) is 0 Å². The van der Waals surface area contributed by atoms with Crippen LogP contribution in [0, 0.1) is 32.5 Å². The van der Waals surface area contributed by atoms with Crippen molar-refractivity contribution in [1.82, 2.24) is 10.2 Å². The zero-order valence-electron chi connectivity index (χ0n) is 20.2. The quantitative estimate of drug-likeness (QED) is 0.590. The molecule has 35 heavy (non-hydrogen) atoms. The molecule has 1 saturated heterocycles. The van der Waals surface area contributed by atoms with Crippen LogP contribution in [-0.2, 0) is 19.1 Å². The standard InChI is InChI=1S/C26H30FN3O5/c1-16-11-17(2)24(18(3)12-16)29-22(31)13-28-23(32)15-35-26(34)20-5-4-10-30(14-20)25(33)19-6-8-21(27)9-7-19/h6-9,11-12,20H,4-5,10,13-15H2,1-3H3,(H,28,32)(H,29,31). The summed E-state index contributed by atoms with van der Waals surface area (Å²) in [4.78, 5) is 51.0. The number of carbonyl (C=O) groups excluding carboxylic acids is 4. The summed E-state index contributed by atoms with van der Waals surface area (Å²) in [5.41, 5.74) is 3.99. The summed E-state index contributed by atoms with van der Waals surface area (Å²) < 4.78 is 18.2. The van der Waals surface area contributed by atoms with E-state index < -0.39 is 30.2 Å². The molecule has 1 aliphatic heterocycles. The van der Waals surface area contributed by atoms with Gasteiger partial charge in [0.05, 0.1) is 12.5 Å². The highest BCUT2D eigenvalue weighted by atomic mass is 19.1. The van der Waals surface area contributed by atoms with Gasteiger partial charge < -0.3 is 20.3 Å². The topological polar surface area (TPSA) is 105 Å². The normalized spacial score (nSPS) is 15.3.